The van der Waals surface area contributed by atoms with E-state index in [1.807, 2.05) is 0 Å². The van der Waals surface area contributed by atoms with Crippen molar-refractivity contribution in [2.75, 3.05) is 32.8 Å². The van der Waals surface area contributed by atoms with E-state index in [1.54, 1.807) is 6.92 Å². The van der Waals surface area contributed by atoms with Crippen molar-refractivity contribution >= 4 is 5.91 Å². The zero-order valence-corrected chi connectivity index (χ0v) is 13.1. The summed E-state index contributed by atoms with van der Waals surface area (Å²) in [4.78, 5) is 16.3. The molecule has 0 radical (unpaired) electrons. The number of rotatable bonds is 2. The smallest absolute Gasteiger partial charge is 0.219 e. The van der Waals surface area contributed by atoms with Gasteiger partial charge in [0.25, 0.3) is 0 Å². The van der Waals surface area contributed by atoms with Crippen LogP contribution in [0.2, 0.25) is 0 Å². The van der Waals surface area contributed by atoms with E-state index >= 15 is 0 Å². The van der Waals surface area contributed by atoms with Crippen molar-refractivity contribution in [3.63, 3.8) is 0 Å². The van der Waals surface area contributed by atoms with E-state index in [1.165, 1.54) is 12.8 Å². The summed E-state index contributed by atoms with van der Waals surface area (Å²) in [5, 5.41) is 10.8. The minimum atomic E-state index is -0.600. The lowest BCUT2D eigenvalue weighted by atomic mass is 9.92. The van der Waals surface area contributed by atoms with Crippen molar-refractivity contribution < 1.29 is 14.6 Å². The number of nitrogens with zero attached hydrogens (tertiary/aromatic N) is 2. The molecule has 0 saturated carbocycles. The highest BCUT2D eigenvalue weighted by Gasteiger charge is 2.42. The third-order valence-corrected chi connectivity index (χ3v) is 5.50. The monoisotopic (exact) mass is 296 g/mol. The molecule has 3 aliphatic heterocycles. The van der Waals surface area contributed by atoms with Crippen LogP contribution in [0.1, 0.15) is 45.4 Å². The summed E-state index contributed by atoms with van der Waals surface area (Å²) in [6, 6.07) is 0.789. The second kappa shape index (κ2) is 6.23. The number of likely N-dealkylation sites (tertiary alicyclic amines) is 2. The van der Waals surface area contributed by atoms with Gasteiger partial charge in [0.1, 0.15) is 0 Å². The first-order chi connectivity index (χ1) is 10.1. The second-order valence-electron chi connectivity index (χ2n) is 6.94. The Morgan fingerprint density at radius 1 is 1.19 bits per heavy atom. The Bertz CT molecular complexity index is 382. The van der Waals surface area contributed by atoms with E-state index in [2.05, 4.69) is 9.80 Å². The van der Waals surface area contributed by atoms with E-state index in [4.69, 9.17) is 4.74 Å². The third-order valence-electron chi connectivity index (χ3n) is 5.50. The van der Waals surface area contributed by atoms with Crippen LogP contribution < -0.4 is 0 Å². The molecular weight excluding hydrogens is 268 g/mol. The zero-order valence-electron chi connectivity index (χ0n) is 13.1. The highest BCUT2D eigenvalue weighted by Crippen LogP contribution is 2.32. The molecular formula is C16H28N2O3. The Morgan fingerprint density at radius 3 is 2.67 bits per heavy atom. The molecule has 0 aromatic rings. The van der Waals surface area contributed by atoms with Crippen LogP contribution in [0.15, 0.2) is 0 Å². The summed E-state index contributed by atoms with van der Waals surface area (Å²) in [5.41, 5.74) is -0.600. The van der Waals surface area contributed by atoms with Crippen molar-refractivity contribution in [2.24, 2.45) is 0 Å². The van der Waals surface area contributed by atoms with Gasteiger partial charge in [-0.2, -0.15) is 0 Å². The predicted molar refractivity (Wildman–Crippen MR) is 80.0 cm³/mol. The Labute approximate surface area is 127 Å². The van der Waals surface area contributed by atoms with Crippen LogP contribution in [0.3, 0.4) is 0 Å². The summed E-state index contributed by atoms with van der Waals surface area (Å²) < 4.78 is 5.38. The molecule has 120 valence electrons. The Balaban J connectivity index is 1.70. The maximum absolute atomic E-state index is 11.8. The molecule has 0 aromatic carbocycles. The van der Waals surface area contributed by atoms with Crippen molar-refractivity contribution in [3.8, 4) is 0 Å². The maximum atomic E-state index is 11.8. The fourth-order valence-corrected chi connectivity index (χ4v) is 4.32. The molecule has 21 heavy (non-hydrogen) atoms. The van der Waals surface area contributed by atoms with Gasteiger partial charge in [0.15, 0.2) is 0 Å². The largest absolute Gasteiger partial charge is 0.388 e. The first-order valence-electron chi connectivity index (χ1n) is 8.40. The molecule has 5 nitrogen and oxygen atoms in total. The Hall–Kier alpha value is -0.650. The number of carbonyl (C=O) groups is 1. The Morgan fingerprint density at radius 2 is 1.95 bits per heavy atom. The van der Waals surface area contributed by atoms with Crippen molar-refractivity contribution in [1.82, 2.24) is 9.80 Å². The SMILES string of the molecule is CC(=O)N1CC[C@@H]2[C@H]1CCCCN2CC1(O)CCOCC1. The topological polar surface area (TPSA) is 53.0 Å². The molecule has 0 bridgehead atoms. The molecule has 5 heteroatoms. The molecule has 3 heterocycles. The number of fused-ring (bicyclic) bond motifs is 1. The van der Waals surface area contributed by atoms with Gasteiger partial charge < -0.3 is 14.7 Å². The molecule has 0 spiro atoms. The zero-order chi connectivity index (χ0) is 14.9. The lowest BCUT2D eigenvalue weighted by molar-refractivity contribution is -0.130. The van der Waals surface area contributed by atoms with Crippen LogP contribution in [0, 0.1) is 0 Å². The highest BCUT2D eigenvalue weighted by atomic mass is 16.5. The molecule has 0 aliphatic carbocycles. The van der Waals surface area contributed by atoms with Crippen LogP contribution in [0.5, 0.6) is 0 Å². The van der Waals surface area contributed by atoms with Gasteiger partial charge in [-0.3, -0.25) is 9.69 Å². The molecule has 3 fully saturated rings. The van der Waals surface area contributed by atoms with Crippen molar-refractivity contribution in [1.29, 1.82) is 0 Å². The average Bonchev–Trinajstić information content (AvgIpc) is 2.78. The number of ether oxygens (including phenoxy) is 1. The van der Waals surface area contributed by atoms with Crippen molar-refractivity contribution in [2.45, 2.75) is 63.1 Å². The summed E-state index contributed by atoms with van der Waals surface area (Å²) in [5.74, 6) is 0.203. The minimum absolute atomic E-state index is 0.203. The first-order valence-corrected chi connectivity index (χ1v) is 8.40. The van der Waals surface area contributed by atoms with Crippen LogP contribution in [-0.2, 0) is 9.53 Å². The summed E-state index contributed by atoms with van der Waals surface area (Å²) in [6.45, 7) is 5.68. The van der Waals surface area contributed by atoms with E-state index < -0.39 is 5.60 Å². The standard InChI is InChI=1S/C16H28N2O3/c1-13(19)18-9-5-14-15(18)4-2-3-8-17(14)12-16(20)6-10-21-11-7-16/h14-15,20H,2-12H2,1H3/t14-,15-/m1/s1. The molecule has 3 saturated heterocycles. The van der Waals surface area contributed by atoms with E-state index in [0.717, 1.165) is 45.3 Å². The number of aliphatic hydroxyl groups is 1. The number of β-amino-alcohol motifs (C(OH)–C–C–N with tert-alkyl or cyclic N) is 1. The van der Waals surface area contributed by atoms with Crippen molar-refractivity contribution in [3.05, 3.63) is 0 Å². The number of hydrogen-bond acceptors (Lipinski definition) is 4. The number of carbonyl (C=O) groups excluding carboxylic acids is 1. The number of hydrogen-bond donors (Lipinski definition) is 1. The summed E-state index contributed by atoms with van der Waals surface area (Å²) >= 11 is 0. The molecule has 2 atom stereocenters. The fraction of sp³-hybridized carbons (Fsp3) is 0.938. The quantitative estimate of drug-likeness (QED) is 0.826. The Kier molecular flexibility index (Phi) is 4.52. The highest BCUT2D eigenvalue weighted by molar-refractivity contribution is 5.74. The van der Waals surface area contributed by atoms with Gasteiger partial charge in [0.2, 0.25) is 5.91 Å². The van der Waals surface area contributed by atoms with Crippen LogP contribution in [0.4, 0.5) is 0 Å². The molecule has 0 aromatic heterocycles. The van der Waals surface area contributed by atoms with E-state index in [0.29, 0.717) is 25.3 Å². The fourth-order valence-electron chi connectivity index (χ4n) is 4.32. The van der Waals surface area contributed by atoms with Crippen LogP contribution in [0.25, 0.3) is 0 Å². The summed E-state index contributed by atoms with van der Waals surface area (Å²) in [6.07, 6.45) is 5.99. The lowest BCUT2D eigenvalue weighted by Crippen LogP contribution is -2.52. The normalized spacial score (nSPS) is 33.5. The maximum Gasteiger partial charge on any atom is 0.219 e. The second-order valence-corrected chi connectivity index (χ2v) is 6.94. The molecule has 1 N–H and O–H groups in total. The molecule has 3 rings (SSSR count). The van der Waals surface area contributed by atoms with Crippen LogP contribution >= 0.6 is 0 Å². The van der Waals surface area contributed by atoms with Gasteiger partial charge in [-0.05, 0) is 25.8 Å². The van der Waals surface area contributed by atoms with Gasteiger partial charge in [0, 0.05) is 58.2 Å². The molecule has 1 amide bonds. The number of amides is 1. The van der Waals surface area contributed by atoms with Gasteiger partial charge in [-0.15, -0.1) is 0 Å². The minimum Gasteiger partial charge on any atom is -0.388 e. The molecule has 0 unspecified atom stereocenters. The van der Waals surface area contributed by atoms with Gasteiger partial charge >= 0.3 is 0 Å². The lowest BCUT2D eigenvalue weighted by Gasteiger charge is -2.40. The average molecular weight is 296 g/mol. The first kappa shape index (κ1) is 15.3. The predicted octanol–water partition coefficient (Wildman–Crippen LogP) is 1.00. The third kappa shape index (κ3) is 3.25. The van der Waals surface area contributed by atoms with Gasteiger partial charge in [-0.25, -0.2) is 0 Å². The van der Waals surface area contributed by atoms with Gasteiger partial charge in [-0.1, -0.05) is 6.42 Å². The summed E-state index contributed by atoms with van der Waals surface area (Å²) in [7, 11) is 0. The van der Waals surface area contributed by atoms with E-state index in [-0.39, 0.29) is 5.91 Å². The molecule has 3 aliphatic rings. The van der Waals surface area contributed by atoms with Gasteiger partial charge in [0.05, 0.1) is 5.60 Å². The van der Waals surface area contributed by atoms with Crippen LogP contribution in [-0.4, -0.2) is 71.3 Å². The van der Waals surface area contributed by atoms with E-state index in [9.17, 15) is 9.90 Å².